The molecule has 0 fully saturated rings. The van der Waals surface area contributed by atoms with Crippen LogP contribution in [0.3, 0.4) is 0 Å². The third kappa shape index (κ3) is 12.8. The number of benzene rings is 6. The quantitative estimate of drug-likeness (QED) is 0.0525. The van der Waals surface area contributed by atoms with Gasteiger partial charge < -0.3 is 40.3 Å². The van der Waals surface area contributed by atoms with E-state index < -0.39 is 11.9 Å². The van der Waals surface area contributed by atoms with Gasteiger partial charge in [0.05, 0.1) is 14.2 Å². The minimum Gasteiger partial charge on any atom is -0.497 e. The Morgan fingerprint density at radius 1 is 0.557 bits per heavy atom. The number of ether oxygens (including phenoxy) is 2. The molecule has 2 aliphatic rings. The highest BCUT2D eigenvalue weighted by Gasteiger charge is 2.31. The topological polar surface area (TPSA) is 149 Å². The molecule has 4 atom stereocenters. The van der Waals surface area contributed by atoms with Gasteiger partial charge in [-0.15, -0.1) is 0 Å². The molecule has 6 N–H and O–H groups in total. The van der Waals surface area contributed by atoms with Crippen LogP contribution in [0, 0.1) is 0 Å². The number of aromatic amines is 2. The van der Waals surface area contributed by atoms with Crippen molar-refractivity contribution in [3.63, 3.8) is 0 Å². The number of H-pyrrole nitrogens is 2. The molecule has 8 aromatic rings. The molecule has 360 valence electrons. The van der Waals surface area contributed by atoms with Crippen molar-refractivity contribution in [1.82, 2.24) is 20.6 Å². The van der Waals surface area contributed by atoms with Gasteiger partial charge in [-0.2, -0.15) is 0 Å². The van der Waals surface area contributed by atoms with Crippen LogP contribution in [0.25, 0.3) is 21.8 Å². The molecule has 2 aliphatic carbocycles. The second-order valence-corrected chi connectivity index (χ2v) is 18.1. The summed E-state index contributed by atoms with van der Waals surface area (Å²) in [7, 11) is 3.50. The number of aromatic nitrogens is 2. The predicted molar refractivity (Wildman–Crippen MR) is 280 cm³/mol. The van der Waals surface area contributed by atoms with Crippen LogP contribution in [0.2, 0.25) is 0 Å². The van der Waals surface area contributed by atoms with Crippen LogP contribution in [-0.2, 0) is 48.1 Å². The molecule has 70 heavy (non-hydrogen) atoms. The van der Waals surface area contributed by atoms with Gasteiger partial charge in [0.25, 0.3) is 0 Å². The third-order valence-corrected chi connectivity index (χ3v) is 13.8. The number of carboxylic acid groups (broad SMARTS) is 2. The highest BCUT2D eigenvalue weighted by Crippen LogP contribution is 2.38. The van der Waals surface area contributed by atoms with Crippen LogP contribution in [0.4, 0.5) is 0 Å². The number of aliphatic carboxylic acids is 2. The summed E-state index contributed by atoms with van der Waals surface area (Å²) in [5.41, 5.74) is 13.9. The summed E-state index contributed by atoms with van der Waals surface area (Å²) in [6.07, 6.45) is 14.2. The van der Waals surface area contributed by atoms with Gasteiger partial charge in [-0.25, -0.2) is 9.59 Å². The molecule has 0 bridgehead atoms. The molecule has 0 spiro atoms. The number of carboxylic acids is 2. The molecular weight excluding hydrogens is 873 g/mol. The van der Waals surface area contributed by atoms with Crippen LogP contribution in [0.5, 0.6) is 11.5 Å². The van der Waals surface area contributed by atoms with Crippen LogP contribution in [0.15, 0.2) is 170 Å². The normalized spacial score (nSPS) is 17.1. The van der Waals surface area contributed by atoms with Crippen molar-refractivity contribution in [2.45, 2.75) is 75.3 Å². The zero-order valence-electron chi connectivity index (χ0n) is 40.1. The summed E-state index contributed by atoms with van der Waals surface area (Å²) in [4.78, 5) is 25.9. The Bertz CT molecular complexity index is 2780. The van der Waals surface area contributed by atoms with Gasteiger partial charge in [0.15, 0.2) is 0 Å². The standard InChI is InChI=1S/2C28H30N2O.C4H4O4/c2*1-31-23-12-13-24-21(18-23)11-14-28(26(24)17-20-7-3-2-4-8-20)29-16-15-22-19-30-27-10-6-5-9-25(22)27;5-3(6)1-2-4(7)8/h2*2-10,12-13,18-19,26,28-30H,11,14-17H2,1H3;1-2H,(H,5,6)(H,7,8)/b;;2-1+/t2*26-,28+;/m11./s1. The zero-order valence-corrected chi connectivity index (χ0v) is 40.1. The minimum absolute atomic E-state index is 0.472. The Hall–Kier alpha value is -7.40. The Morgan fingerprint density at radius 3 is 1.36 bits per heavy atom. The van der Waals surface area contributed by atoms with Gasteiger partial charge >= 0.3 is 11.9 Å². The van der Waals surface area contributed by atoms with Crippen molar-refractivity contribution >= 4 is 33.7 Å². The van der Waals surface area contributed by atoms with Crippen LogP contribution >= 0.6 is 0 Å². The zero-order chi connectivity index (χ0) is 48.7. The Labute approximate surface area is 410 Å². The van der Waals surface area contributed by atoms with E-state index in [-0.39, 0.29) is 0 Å². The van der Waals surface area contributed by atoms with E-state index in [9.17, 15) is 9.59 Å². The summed E-state index contributed by atoms with van der Waals surface area (Å²) in [5.74, 6) is 0.353. The first-order chi connectivity index (χ1) is 34.3. The lowest BCUT2D eigenvalue weighted by molar-refractivity contribution is -0.134. The Balaban J connectivity index is 0.000000163. The highest BCUT2D eigenvalue weighted by molar-refractivity contribution is 5.89. The number of para-hydroxylation sites is 2. The smallest absolute Gasteiger partial charge is 0.328 e. The van der Waals surface area contributed by atoms with Gasteiger partial charge in [0.2, 0.25) is 0 Å². The summed E-state index contributed by atoms with van der Waals surface area (Å²) in [6.45, 7) is 1.98. The second kappa shape index (κ2) is 24.2. The fourth-order valence-electron chi connectivity index (χ4n) is 10.4. The molecule has 0 amide bonds. The van der Waals surface area contributed by atoms with E-state index in [2.05, 4.69) is 179 Å². The van der Waals surface area contributed by atoms with Crippen molar-refractivity contribution in [2.24, 2.45) is 0 Å². The summed E-state index contributed by atoms with van der Waals surface area (Å²) < 4.78 is 11.0. The summed E-state index contributed by atoms with van der Waals surface area (Å²) >= 11 is 0. The Kier molecular flexibility index (Phi) is 17.0. The molecule has 0 saturated heterocycles. The highest BCUT2D eigenvalue weighted by atomic mass is 16.5. The van der Waals surface area contributed by atoms with Crippen LogP contribution in [0.1, 0.15) is 69.2 Å². The molecule has 0 aliphatic heterocycles. The van der Waals surface area contributed by atoms with Crippen molar-refractivity contribution in [1.29, 1.82) is 0 Å². The molecule has 2 heterocycles. The van der Waals surface area contributed by atoms with E-state index in [4.69, 9.17) is 19.7 Å². The fraction of sp³-hybridized carbons (Fsp3) is 0.267. The van der Waals surface area contributed by atoms with E-state index in [1.807, 2.05) is 0 Å². The van der Waals surface area contributed by atoms with E-state index in [0.717, 1.165) is 76.0 Å². The van der Waals surface area contributed by atoms with Gasteiger partial charge in [0, 0.05) is 70.3 Å². The largest absolute Gasteiger partial charge is 0.497 e. The van der Waals surface area contributed by atoms with Crippen LogP contribution in [-0.4, -0.2) is 71.5 Å². The molecule has 2 aromatic heterocycles. The van der Waals surface area contributed by atoms with Crippen molar-refractivity contribution in [3.8, 4) is 11.5 Å². The lowest BCUT2D eigenvalue weighted by Crippen LogP contribution is -2.40. The SMILES string of the molecule is COc1ccc2c(c1)CC[C@H](NCCc1c[nH]c3ccccc13)[C@@H]2Cc1ccccc1.COc1ccc2c(c1)CC[C@H](NCCc1c[nH]c3ccccc13)[C@@H]2Cc1ccccc1.O=C(O)/C=C/C(=O)O. The van der Waals surface area contributed by atoms with E-state index in [1.54, 1.807) is 14.2 Å². The number of aryl methyl sites for hydroxylation is 2. The van der Waals surface area contributed by atoms with E-state index in [1.165, 1.54) is 66.3 Å². The van der Waals surface area contributed by atoms with Crippen molar-refractivity contribution < 1.29 is 29.3 Å². The Morgan fingerprint density at radius 2 is 0.957 bits per heavy atom. The molecule has 0 unspecified atom stereocenters. The van der Waals surface area contributed by atoms with Gasteiger partial charge in [-0.05, 0) is 145 Å². The first-order valence-corrected chi connectivity index (χ1v) is 24.4. The maximum atomic E-state index is 9.55. The number of fused-ring (bicyclic) bond motifs is 4. The molecule has 0 radical (unpaired) electrons. The minimum atomic E-state index is -1.26. The second-order valence-electron chi connectivity index (χ2n) is 18.1. The number of hydrogen-bond acceptors (Lipinski definition) is 6. The summed E-state index contributed by atoms with van der Waals surface area (Å²) in [6, 6.07) is 53.1. The molecular formula is C60H64N4O6. The molecule has 6 aromatic carbocycles. The van der Waals surface area contributed by atoms with Crippen molar-refractivity contribution in [3.05, 3.63) is 215 Å². The molecule has 0 saturated carbocycles. The average Bonchev–Trinajstić information content (AvgIpc) is 4.01. The van der Waals surface area contributed by atoms with Gasteiger partial charge in [-0.1, -0.05) is 109 Å². The fourth-order valence-corrected chi connectivity index (χ4v) is 10.4. The maximum Gasteiger partial charge on any atom is 0.328 e. The number of nitrogens with one attached hydrogen (secondary N) is 4. The molecule has 10 nitrogen and oxygen atoms in total. The van der Waals surface area contributed by atoms with Crippen LogP contribution < -0.4 is 20.1 Å². The van der Waals surface area contributed by atoms with Gasteiger partial charge in [0.1, 0.15) is 11.5 Å². The predicted octanol–water partition coefficient (Wildman–Crippen LogP) is 11.0. The third-order valence-electron chi connectivity index (χ3n) is 13.8. The monoisotopic (exact) mass is 936 g/mol. The molecule has 10 rings (SSSR count). The first kappa shape index (κ1) is 49.0. The number of rotatable bonds is 16. The average molecular weight is 937 g/mol. The van der Waals surface area contributed by atoms with E-state index in [0.29, 0.717) is 36.1 Å². The summed E-state index contributed by atoms with van der Waals surface area (Å²) in [5, 5.41) is 26.1. The lowest BCUT2D eigenvalue weighted by Gasteiger charge is -2.35. The number of hydrogen-bond donors (Lipinski definition) is 6. The van der Waals surface area contributed by atoms with Gasteiger partial charge in [-0.3, -0.25) is 0 Å². The molecule has 10 heteroatoms. The van der Waals surface area contributed by atoms with E-state index >= 15 is 0 Å². The maximum absolute atomic E-state index is 9.55. The lowest BCUT2D eigenvalue weighted by atomic mass is 9.76. The van der Waals surface area contributed by atoms with Crippen molar-refractivity contribution in [2.75, 3.05) is 27.3 Å². The first-order valence-electron chi connectivity index (χ1n) is 24.4. The number of methoxy groups -OCH3 is 2. The number of carbonyl (C=O) groups is 2.